The minimum atomic E-state index is -0.0691. The first-order valence-electron chi connectivity index (χ1n) is 9.72. The average molecular weight is 435 g/mol. The molecule has 0 aliphatic heterocycles. The number of hydrogen-bond acceptors (Lipinski definition) is 5. The van der Waals surface area contributed by atoms with Crippen molar-refractivity contribution in [1.82, 2.24) is 14.8 Å². The maximum Gasteiger partial charge on any atom is 0.234 e. The molecule has 0 fully saturated rings. The van der Waals surface area contributed by atoms with Crippen LogP contribution in [0.3, 0.4) is 0 Å². The number of anilines is 1. The van der Waals surface area contributed by atoms with E-state index in [4.69, 9.17) is 0 Å². The molecule has 0 unspecified atom stereocenters. The smallest absolute Gasteiger partial charge is 0.234 e. The third kappa shape index (κ3) is 4.63. The van der Waals surface area contributed by atoms with E-state index >= 15 is 0 Å². The van der Waals surface area contributed by atoms with Crippen LogP contribution in [0.15, 0.2) is 71.2 Å². The zero-order valence-electron chi connectivity index (χ0n) is 16.8. The van der Waals surface area contributed by atoms with Gasteiger partial charge in [0, 0.05) is 11.4 Å². The molecule has 2 aromatic heterocycles. The molecule has 0 radical (unpaired) electrons. The van der Waals surface area contributed by atoms with Gasteiger partial charge in [0.25, 0.3) is 0 Å². The molecule has 0 aliphatic carbocycles. The number of rotatable bonds is 7. The monoisotopic (exact) mass is 434 g/mol. The van der Waals surface area contributed by atoms with E-state index in [0.717, 1.165) is 28.5 Å². The summed E-state index contributed by atoms with van der Waals surface area (Å²) in [6.07, 6.45) is 0.978. The Morgan fingerprint density at radius 3 is 2.50 bits per heavy atom. The van der Waals surface area contributed by atoms with Crippen LogP contribution in [0.2, 0.25) is 0 Å². The minimum absolute atomic E-state index is 0.0691. The molecular weight excluding hydrogens is 412 g/mol. The van der Waals surface area contributed by atoms with Gasteiger partial charge in [0.05, 0.1) is 10.6 Å². The van der Waals surface area contributed by atoms with E-state index in [0.29, 0.717) is 5.16 Å². The lowest BCUT2D eigenvalue weighted by molar-refractivity contribution is -0.113. The second-order valence-corrected chi connectivity index (χ2v) is 8.73. The normalized spacial score (nSPS) is 10.9. The third-order valence-electron chi connectivity index (χ3n) is 4.65. The molecule has 1 N–H and O–H groups in total. The summed E-state index contributed by atoms with van der Waals surface area (Å²) >= 11 is 3.00. The Morgan fingerprint density at radius 1 is 1.07 bits per heavy atom. The minimum Gasteiger partial charge on any atom is -0.325 e. The second kappa shape index (κ2) is 9.28. The molecule has 0 saturated heterocycles. The van der Waals surface area contributed by atoms with Crippen molar-refractivity contribution >= 4 is 34.7 Å². The molecule has 1 amide bonds. The number of carbonyl (C=O) groups is 1. The van der Waals surface area contributed by atoms with E-state index in [2.05, 4.69) is 53.6 Å². The van der Waals surface area contributed by atoms with Crippen molar-refractivity contribution < 1.29 is 4.79 Å². The molecule has 0 spiro atoms. The van der Waals surface area contributed by atoms with Crippen LogP contribution in [0.1, 0.15) is 18.1 Å². The number of nitrogens with one attached hydrogen (secondary N) is 1. The van der Waals surface area contributed by atoms with E-state index < -0.39 is 0 Å². The summed E-state index contributed by atoms with van der Waals surface area (Å²) in [5.41, 5.74) is 4.21. The first-order valence-corrected chi connectivity index (χ1v) is 11.6. The zero-order valence-corrected chi connectivity index (χ0v) is 18.5. The van der Waals surface area contributed by atoms with Crippen molar-refractivity contribution in [3.8, 4) is 16.4 Å². The SMILES string of the molecule is CCc1ccc(NC(=O)CSc2nnc(-c3cccs3)n2-c2ccc(C)cc2)cc1. The highest BCUT2D eigenvalue weighted by Crippen LogP contribution is 2.30. The van der Waals surface area contributed by atoms with E-state index in [1.807, 2.05) is 46.3 Å². The van der Waals surface area contributed by atoms with E-state index in [1.165, 1.54) is 22.9 Å². The lowest BCUT2D eigenvalue weighted by Crippen LogP contribution is -2.14. The molecule has 0 bridgehead atoms. The molecule has 0 saturated carbocycles. The van der Waals surface area contributed by atoms with Gasteiger partial charge in [0.1, 0.15) is 0 Å². The van der Waals surface area contributed by atoms with Crippen LogP contribution in [-0.2, 0) is 11.2 Å². The number of aryl methyl sites for hydroxylation is 2. The predicted octanol–water partition coefficient (Wildman–Crippen LogP) is 5.60. The van der Waals surface area contributed by atoms with Gasteiger partial charge >= 0.3 is 0 Å². The molecular formula is C23H22N4OS2. The Morgan fingerprint density at radius 2 is 1.83 bits per heavy atom. The standard InChI is InChI=1S/C23H22N4OS2/c1-3-17-8-10-18(11-9-17)24-21(28)15-30-23-26-25-22(20-5-4-14-29-20)27(23)19-12-6-16(2)7-13-19/h4-14H,3,15H2,1-2H3,(H,24,28). The number of hydrogen-bond donors (Lipinski definition) is 1. The third-order valence-corrected chi connectivity index (χ3v) is 6.44. The van der Waals surface area contributed by atoms with Crippen LogP contribution in [0.5, 0.6) is 0 Å². The van der Waals surface area contributed by atoms with Crippen LogP contribution in [0.4, 0.5) is 5.69 Å². The largest absolute Gasteiger partial charge is 0.325 e. The fourth-order valence-corrected chi connectivity index (χ4v) is 4.46. The van der Waals surface area contributed by atoms with Crippen molar-refractivity contribution in [3.05, 3.63) is 77.2 Å². The Bertz CT molecular complexity index is 1120. The summed E-state index contributed by atoms with van der Waals surface area (Å²) in [5, 5.41) is 14.4. The summed E-state index contributed by atoms with van der Waals surface area (Å²) in [6.45, 7) is 4.17. The average Bonchev–Trinajstić information content (AvgIpc) is 3.43. The molecule has 30 heavy (non-hydrogen) atoms. The van der Waals surface area contributed by atoms with E-state index in [1.54, 1.807) is 11.3 Å². The van der Waals surface area contributed by atoms with Gasteiger partial charge in [0.2, 0.25) is 5.91 Å². The molecule has 0 aliphatic rings. The maximum absolute atomic E-state index is 12.5. The highest BCUT2D eigenvalue weighted by Gasteiger charge is 2.18. The van der Waals surface area contributed by atoms with Crippen LogP contribution in [0, 0.1) is 6.92 Å². The van der Waals surface area contributed by atoms with Gasteiger partial charge in [-0.1, -0.05) is 54.6 Å². The maximum atomic E-state index is 12.5. The molecule has 152 valence electrons. The summed E-state index contributed by atoms with van der Waals surface area (Å²) in [6, 6.07) is 20.2. The fourth-order valence-electron chi connectivity index (χ4n) is 3.01. The second-order valence-electron chi connectivity index (χ2n) is 6.84. The Hall–Kier alpha value is -2.90. The highest BCUT2D eigenvalue weighted by atomic mass is 32.2. The molecule has 2 heterocycles. The topological polar surface area (TPSA) is 59.8 Å². The van der Waals surface area contributed by atoms with Crippen molar-refractivity contribution in [2.24, 2.45) is 0 Å². The number of thioether (sulfide) groups is 1. The van der Waals surface area contributed by atoms with E-state index in [-0.39, 0.29) is 11.7 Å². The molecule has 4 rings (SSSR count). The van der Waals surface area contributed by atoms with Crippen LogP contribution >= 0.6 is 23.1 Å². The van der Waals surface area contributed by atoms with Gasteiger partial charge in [0.15, 0.2) is 11.0 Å². The predicted molar refractivity (Wildman–Crippen MR) is 125 cm³/mol. The van der Waals surface area contributed by atoms with Gasteiger partial charge in [-0.05, 0) is 54.6 Å². The number of thiophene rings is 1. The fraction of sp³-hybridized carbons (Fsp3) is 0.174. The van der Waals surface area contributed by atoms with Crippen molar-refractivity contribution in [2.45, 2.75) is 25.4 Å². The highest BCUT2D eigenvalue weighted by molar-refractivity contribution is 7.99. The van der Waals surface area contributed by atoms with Crippen molar-refractivity contribution in [3.63, 3.8) is 0 Å². The van der Waals surface area contributed by atoms with Gasteiger partial charge in [-0.25, -0.2) is 0 Å². The number of carbonyl (C=O) groups excluding carboxylic acids is 1. The molecule has 4 aromatic rings. The Labute approximate surface area is 184 Å². The first-order chi connectivity index (χ1) is 14.6. The Balaban J connectivity index is 1.53. The first kappa shape index (κ1) is 20.4. The molecule has 7 heteroatoms. The Kier molecular flexibility index (Phi) is 6.30. The van der Waals surface area contributed by atoms with Gasteiger partial charge in [-0.3, -0.25) is 9.36 Å². The number of amides is 1. The summed E-state index contributed by atoms with van der Waals surface area (Å²) in [5.74, 6) is 0.969. The molecule has 5 nitrogen and oxygen atoms in total. The lowest BCUT2D eigenvalue weighted by atomic mass is 10.1. The summed E-state index contributed by atoms with van der Waals surface area (Å²) in [4.78, 5) is 13.5. The number of aromatic nitrogens is 3. The zero-order chi connectivity index (χ0) is 20.9. The van der Waals surface area contributed by atoms with Gasteiger partial charge in [-0.2, -0.15) is 0 Å². The summed E-state index contributed by atoms with van der Waals surface area (Å²) in [7, 11) is 0. The van der Waals surface area contributed by atoms with Crippen LogP contribution in [0.25, 0.3) is 16.4 Å². The van der Waals surface area contributed by atoms with Crippen molar-refractivity contribution in [2.75, 3.05) is 11.1 Å². The van der Waals surface area contributed by atoms with Crippen molar-refractivity contribution in [1.29, 1.82) is 0 Å². The quantitative estimate of drug-likeness (QED) is 0.385. The van der Waals surface area contributed by atoms with E-state index in [9.17, 15) is 4.79 Å². The number of benzene rings is 2. The number of nitrogens with zero attached hydrogens (tertiary/aromatic N) is 3. The van der Waals surface area contributed by atoms with Crippen LogP contribution < -0.4 is 5.32 Å². The van der Waals surface area contributed by atoms with Crippen LogP contribution in [-0.4, -0.2) is 26.4 Å². The summed E-state index contributed by atoms with van der Waals surface area (Å²) < 4.78 is 2.01. The van der Waals surface area contributed by atoms with Gasteiger partial charge in [-0.15, -0.1) is 21.5 Å². The molecule has 2 aromatic carbocycles. The van der Waals surface area contributed by atoms with Gasteiger partial charge < -0.3 is 5.32 Å². The lowest BCUT2D eigenvalue weighted by Gasteiger charge is -2.10. The molecule has 0 atom stereocenters.